The highest BCUT2D eigenvalue weighted by molar-refractivity contribution is 7.59. The number of pyridine rings is 1. The maximum Gasteiger partial charge on any atom is 0.324 e. The number of benzene rings is 1. The van der Waals surface area contributed by atoms with Gasteiger partial charge in [-0.05, 0) is 74.9 Å². The van der Waals surface area contributed by atoms with Gasteiger partial charge in [0.05, 0.1) is 34.8 Å². The summed E-state index contributed by atoms with van der Waals surface area (Å²) in [5.41, 5.74) is 9.26. The third kappa shape index (κ3) is 12.9. The van der Waals surface area contributed by atoms with Crippen molar-refractivity contribution in [2.45, 2.75) is 98.0 Å². The molecule has 21 heteroatoms. The molecule has 3 aromatic heterocycles. The standard InChI is InChI=1S/C49H65N9O7S.4H2S/c1-11-41(59)54(8)24-31-25-56(26-31)48(63)55(9)43(29(3)4)45(60)52-37-22-40-51-38(27-66-40)32-17-18-39-34(21-32)35(44(57(39)12-2)33-15-13-19-50-42(33)30(5)64-10)23-49(6,7)28-65-47(62)36-16-14-20-58(53-36)46(37)61;;;;/h11,13,15,17-19,21,27,29-31,36-37,43,53H,1,12,14,16,20,22-26,28H2,2-10H3,(H,52,60);4*1H2/t30-,36-,37-,43-;;;;/m0..../s1. The molecule has 2 N–H and O–H groups in total. The first-order chi connectivity index (χ1) is 31.4. The number of likely N-dealkylation sites (N-methyl/N-ethyl adjacent to an activating group) is 2. The predicted octanol–water partition coefficient (Wildman–Crippen LogP) is 6.31. The molecular weight excluding hydrogens is 987 g/mol. The summed E-state index contributed by atoms with van der Waals surface area (Å²) < 4.78 is 14.2. The number of carbonyl (C=O) groups excluding carboxylic acids is 5. The van der Waals surface area contributed by atoms with Gasteiger partial charge in [-0.3, -0.25) is 29.2 Å². The molecule has 0 aliphatic carbocycles. The number of hydrogen-bond acceptors (Lipinski definition) is 11. The number of esters is 1. The number of nitrogens with one attached hydrogen (secondary N) is 2. The summed E-state index contributed by atoms with van der Waals surface area (Å²) in [7, 11) is 4.99. The number of thiazole rings is 1. The molecule has 6 bridgehead atoms. The van der Waals surface area contributed by atoms with E-state index in [1.807, 2.05) is 32.2 Å². The third-order valence-electron chi connectivity index (χ3n) is 13.1. The number of aryl methyl sites for hydroxylation is 1. The summed E-state index contributed by atoms with van der Waals surface area (Å²) >= 11 is 1.41. The van der Waals surface area contributed by atoms with Gasteiger partial charge in [0.2, 0.25) is 11.8 Å². The fourth-order valence-corrected chi connectivity index (χ4v) is 10.4. The van der Waals surface area contributed by atoms with Crippen LogP contribution in [0.2, 0.25) is 0 Å². The van der Waals surface area contributed by atoms with Crippen LogP contribution in [0.1, 0.15) is 76.8 Å². The van der Waals surface area contributed by atoms with Gasteiger partial charge in [0.1, 0.15) is 18.1 Å². The average Bonchev–Trinajstić information content (AvgIpc) is 3.88. The van der Waals surface area contributed by atoms with E-state index >= 15 is 0 Å². The first-order valence-corrected chi connectivity index (χ1v) is 23.8. The summed E-state index contributed by atoms with van der Waals surface area (Å²) in [6, 6.07) is 7.32. The van der Waals surface area contributed by atoms with Crippen LogP contribution in [0.5, 0.6) is 0 Å². The van der Waals surface area contributed by atoms with Crippen molar-refractivity contribution in [3.05, 3.63) is 70.8 Å². The Bertz CT molecular complexity index is 2490. The number of nitrogens with zero attached hydrogens (tertiary/aromatic N) is 7. The largest absolute Gasteiger partial charge is 0.464 e. The minimum atomic E-state index is -1.08. The minimum Gasteiger partial charge on any atom is -0.464 e. The number of ether oxygens (including phenoxy) is 2. The van der Waals surface area contributed by atoms with E-state index in [4.69, 9.17) is 19.4 Å². The maximum absolute atomic E-state index is 14.6. The number of methoxy groups -OCH3 is 1. The zero-order valence-electron chi connectivity index (χ0n) is 41.8. The molecule has 0 radical (unpaired) electrons. The van der Waals surface area contributed by atoms with Crippen molar-refractivity contribution in [1.29, 1.82) is 0 Å². The fraction of sp³-hybridized carbons (Fsp3) is 0.531. The van der Waals surface area contributed by atoms with Crippen LogP contribution in [-0.4, -0.2) is 136 Å². The van der Waals surface area contributed by atoms with Gasteiger partial charge in [-0.2, -0.15) is 54.0 Å². The molecule has 3 aliphatic heterocycles. The Labute approximate surface area is 444 Å². The molecule has 4 atom stereocenters. The molecule has 1 aromatic carbocycles. The van der Waals surface area contributed by atoms with Crippen LogP contribution in [0.3, 0.4) is 0 Å². The highest BCUT2D eigenvalue weighted by atomic mass is 32.1. The number of rotatable bonds is 11. The molecule has 16 nitrogen and oxygen atoms in total. The molecule has 0 saturated carbocycles. The number of cyclic esters (lactones) is 1. The minimum absolute atomic E-state index is 0. The molecule has 2 saturated heterocycles. The Kier molecular flexibility index (Phi) is 21.8. The Morgan fingerprint density at radius 1 is 1.10 bits per heavy atom. The van der Waals surface area contributed by atoms with Crippen molar-refractivity contribution in [2.75, 3.05) is 54.0 Å². The van der Waals surface area contributed by atoms with Crippen molar-refractivity contribution in [1.82, 2.24) is 45.0 Å². The highest BCUT2D eigenvalue weighted by Gasteiger charge is 2.41. The van der Waals surface area contributed by atoms with Gasteiger partial charge >= 0.3 is 12.0 Å². The number of hydrogen-bond donors (Lipinski definition) is 2. The van der Waals surface area contributed by atoms with Crippen molar-refractivity contribution < 1.29 is 33.4 Å². The van der Waals surface area contributed by atoms with Gasteiger partial charge in [-0.25, -0.2) is 15.2 Å². The zero-order valence-corrected chi connectivity index (χ0v) is 46.6. The lowest BCUT2D eigenvalue weighted by Crippen LogP contribution is -2.63. The van der Waals surface area contributed by atoms with E-state index in [0.717, 1.165) is 44.7 Å². The van der Waals surface area contributed by atoms with Gasteiger partial charge in [0, 0.05) is 105 Å². The summed E-state index contributed by atoms with van der Waals surface area (Å²) in [6.45, 7) is 18.1. The van der Waals surface area contributed by atoms with Crippen LogP contribution in [-0.2, 0) is 48.0 Å². The number of likely N-dealkylation sites (tertiary alicyclic amines) is 1. The number of carbonyl (C=O) groups is 5. The SMILES string of the molecule is C=CC(=O)N(C)CC1CN(C(=O)N(C)[C@H](C(=O)N[C@H]2Cc3nc(cs3)-c3ccc4c(c3)c(c(-c3cccnc3[C@H](C)OC)n4CC)CC(C)(C)COC(=O)[C@@H]3CCCN(N3)C2=O)C(C)C)C1.S.S.S.S. The molecule has 2 fully saturated rings. The number of aromatic nitrogens is 3. The maximum atomic E-state index is 14.6. The summed E-state index contributed by atoms with van der Waals surface area (Å²) in [4.78, 5) is 83.3. The third-order valence-corrected chi connectivity index (χ3v) is 14.0. The van der Waals surface area contributed by atoms with Crippen LogP contribution in [0.4, 0.5) is 4.79 Å². The van der Waals surface area contributed by atoms with Crippen molar-refractivity contribution >= 4 is 106 Å². The Morgan fingerprint density at radius 3 is 2.47 bits per heavy atom. The van der Waals surface area contributed by atoms with Crippen LogP contribution in [0, 0.1) is 17.3 Å². The van der Waals surface area contributed by atoms with Crippen molar-refractivity contribution in [3.63, 3.8) is 0 Å². The second kappa shape index (κ2) is 25.4. The molecule has 3 aliphatic rings. The average molecular weight is 1060 g/mol. The number of amides is 5. The number of hydrazine groups is 1. The van der Waals surface area contributed by atoms with Gasteiger partial charge in [0.15, 0.2) is 0 Å². The van der Waals surface area contributed by atoms with Gasteiger partial charge in [-0.15, -0.1) is 11.3 Å². The molecule has 70 heavy (non-hydrogen) atoms. The van der Waals surface area contributed by atoms with Gasteiger partial charge < -0.3 is 34.1 Å². The molecule has 6 heterocycles. The fourth-order valence-electron chi connectivity index (χ4n) is 9.56. The molecule has 4 aromatic rings. The van der Waals surface area contributed by atoms with E-state index in [1.165, 1.54) is 27.3 Å². The van der Waals surface area contributed by atoms with Crippen LogP contribution in [0.25, 0.3) is 33.4 Å². The molecule has 7 rings (SSSR count). The van der Waals surface area contributed by atoms with Crippen LogP contribution < -0.4 is 10.7 Å². The zero-order chi connectivity index (χ0) is 47.6. The first-order valence-electron chi connectivity index (χ1n) is 23.0. The summed E-state index contributed by atoms with van der Waals surface area (Å²) in [5, 5.41) is 8.10. The quantitative estimate of drug-likeness (QED) is 0.128. The van der Waals surface area contributed by atoms with Gasteiger partial charge in [-0.1, -0.05) is 40.3 Å². The number of urea groups is 1. The topological polar surface area (TPSA) is 172 Å². The van der Waals surface area contributed by atoms with Crippen LogP contribution in [0.15, 0.2) is 54.6 Å². The van der Waals surface area contributed by atoms with E-state index in [-0.39, 0.29) is 96.9 Å². The second-order valence-electron chi connectivity index (χ2n) is 19.0. The van der Waals surface area contributed by atoms with E-state index in [1.54, 1.807) is 37.2 Å². The molecule has 5 amide bonds. The summed E-state index contributed by atoms with van der Waals surface area (Å²) in [6.07, 6.45) is 4.46. The lowest BCUT2D eigenvalue weighted by Gasteiger charge is -2.44. The Morgan fingerprint density at radius 2 is 1.81 bits per heavy atom. The number of fused-ring (bicyclic) bond motifs is 6. The first kappa shape index (κ1) is 60.1. The van der Waals surface area contributed by atoms with E-state index in [2.05, 4.69) is 66.9 Å². The molecular formula is C49H73N9O7S5. The van der Waals surface area contributed by atoms with Gasteiger partial charge in [0.25, 0.3) is 5.91 Å². The summed E-state index contributed by atoms with van der Waals surface area (Å²) in [5.74, 6) is -1.74. The Hall–Kier alpha value is -4.25. The lowest BCUT2D eigenvalue weighted by atomic mass is 9.84. The second-order valence-corrected chi connectivity index (χ2v) is 20.0. The molecule has 0 spiro atoms. The molecule has 386 valence electrons. The molecule has 0 unspecified atom stereocenters. The monoisotopic (exact) mass is 1060 g/mol. The highest BCUT2D eigenvalue weighted by Crippen LogP contribution is 2.42. The van der Waals surface area contributed by atoms with E-state index < -0.39 is 41.3 Å². The lowest BCUT2D eigenvalue weighted by molar-refractivity contribution is -0.155. The van der Waals surface area contributed by atoms with E-state index in [9.17, 15) is 24.0 Å². The smallest absolute Gasteiger partial charge is 0.324 e. The van der Waals surface area contributed by atoms with Crippen molar-refractivity contribution in [3.8, 4) is 22.5 Å². The normalized spacial score (nSPS) is 18.8. The van der Waals surface area contributed by atoms with E-state index in [0.29, 0.717) is 57.0 Å². The van der Waals surface area contributed by atoms with Crippen molar-refractivity contribution in [2.24, 2.45) is 17.3 Å². The Balaban J connectivity index is 0.00000324. The predicted molar refractivity (Wildman–Crippen MR) is 296 cm³/mol. The van der Waals surface area contributed by atoms with Crippen LogP contribution >= 0.6 is 65.3 Å².